The lowest BCUT2D eigenvalue weighted by molar-refractivity contribution is -0.111. The minimum Gasteiger partial charge on any atom is -0.494 e. The number of nitrogens with zero attached hydrogens (tertiary/aromatic N) is 6. The zero-order chi connectivity index (χ0) is 33.8. The maximum atomic E-state index is 14.9. The van der Waals surface area contributed by atoms with Crippen LogP contribution in [0.15, 0.2) is 55.4 Å². The molecular formula is C35H44ClFN8O3. The number of ether oxygens (including phenoxy) is 1. The van der Waals surface area contributed by atoms with Gasteiger partial charge in [-0.05, 0) is 44.9 Å². The first-order chi connectivity index (χ1) is 23.2. The number of halogens is 2. The monoisotopic (exact) mass is 678 g/mol. The van der Waals surface area contributed by atoms with Crippen molar-refractivity contribution in [1.82, 2.24) is 19.8 Å². The molecule has 0 radical (unpaired) electrons. The fourth-order valence-corrected chi connectivity index (χ4v) is 7.08. The normalized spacial score (nSPS) is 19.5. The summed E-state index contributed by atoms with van der Waals surface area (Å²) in [6, 6.07) is 11.2. The van der Waals surface area contributed by atoms with Crippen molar-refractivity contribution in [1.29, 1.82) is 0 Å². The second kappa shape index (κ2) is 15.1. The molecule has 0 bridgehead atoms. The molecule has 3 aliphatic heterocycles. The maximum absolute atomic E-state index is 14.9. The molecule has 1 amide bonds. The average Bonchev–Trinajstić information content (AvgIpc) is 3.60. The first-order valence-electron chi connectivity index (χ1n) is 16.6. The summed E-state index contributed by atoms with van der Waals surface area (Å²) >= 11 is 6.08. The number of piperazine rings is 1. The number of nitrogens with one attached hydrogen (secondary N) is 2. The molecule has 1 atom stereocenters. The first kappa shape index (κ1) is 33.9. The number of methoxy groups -OCH3 is 1. The van der Waals surface area contributed by atoms with Crippen LogP contribution in [0.2, 0.25) is 5.02 Å². The van der Waals surface area contributed by atoms with E-state index in [2.05, 4.69) is 55.7 Å². The Morgan fingerprint density at radius 2 is 1.85 bits per heavy atom. The van der Waals surface area contributed by atoms with Gasteiger partial charge in [0.2, 0.25) is 5.91 Å². The van der Waals surface area contributed by atoms with Gasteiger partial charge < -0.3 is 20.3 Å². The summed E-state index contributed by atoms with van der Waals surface area (Å²) in [5, 5.41) is 7.97. The molecule has 48 heavy (non-hydrogen) atoms. The Morgan fingerprint density at radius 1 is 1.08 bits per heavy atom. The highest BCUT2D eigenvalue weighted by Crippen LogP contribution is 2.41. The van der Waals surface area contributed by atoms with Crippen molar-refractivity contribution < 1.29 is 18.8 Å². The molecule has 3 fully saturated rings. The Balaban J connectivity index is 1.21. The van der Waals surface area contributed by atoms with E-state index in [4.69, 9.17) is 21.2 Å². The van der Waals surface area contributed by atoms with Crippen molar-refractivity contribution in [2.24, 2.45) is 0 Å². The van der Waals surface area contributed by atoms with E-state index in [1.165, 1.54) is 18.5 Å². The topological polar surface area (TPSA) is 98.3 Å². The summed E-state index contributed by atoms with van der Waals surface area (Å²) in [4.78, 5) is 34.8. The lowest BCUT2D eigenvalue weighted by Crippen LogP contribution is -2.54. The van der Waals surface area contributed by atoms with Crippen LogP contribution in [0, 0.1) is 5.82 Å². The third-order valence-electron chi connectivity index (χ3n) is 9.55. The third kappa shape index (κ3) is 7.36. The Kier molecular flexibility index (Phi) is 10.6. The van der Waals surface area contributed by atoms with Gasteiger partial charge in [0.15, 0.2) is 5.82 Å². The molecule has 4 heterocycles. The molecule has 0 saturated carbocycles. The number of aromatic nitrogens is 2. The number of carbonyl (C=O) groups is 1. The van der Waals surface area contributed by atoms with Crippen molar-refractivity contribution in [2.75, 3.05) is 73.6 Å². The zero-order valence-corrected chi connectivity index (χ0v) is 28.5. The summed E-state index contributed by atoms with van der Waals surface area (Å²) in [5.41, 5.74) is 2.56. The van der Waals surface area contributed by atoms with Crippen molar-refractivity contribution in [3.63, 3.8) is 0 Å². The van der Waals surface area contributed by atoms with Crippen LogP contribution in [0.5, 0.6) is 5.75 Å². The minimum atomic E-state index is -0.473. The van der Waals surface area contributed by atoms with Crippen LogP contribution in [0.3, 0.4) is 0 Å². The number of rotatable bonds is 10. The highest BCUT2D eigenvalue weighted by molar-refractivity contribution is 6.30. The molecule has 11 nitrogen and oxygen atoms in total. The number of carbonyl (C=O) groups excluding carboxylic acids is 1. The van der Waals surface area contributed by atoms with Crippen LogP contribution in [0.25, 0.3) is 0 Å². The number of benzene rings is 2. The molecule has 3 aromatic rings. The lowest BCUT2D eigenvalue weighted by Gasteiger charge is -2.44. The highest BCUT2D eigenvalue weighted by atomic mass is 35.5. The van der Waals surface area contributed by atoms with E-state index in [-0.39, 0.29) is 10.9 Å². The Hall–Kier alpha value is -3.97. The van der Waals surface area contributed by atoms with E-state index in [1.807, 2.05) is 12.1 Å². The minimum absolute atomic E-state index is 0.0591. The van der Waals surface area contributed by atoms with Crippen molar-refractivity contribution >= 4 is 46.2 Å². The summed E-state index contributed by atoms with van der Waals surface area (Å²) in [7, 11) is 1.61. The van der Waals surface area contributed by atoms with Crippen LogP contribution in [0.4, 0.5) is 33.1 Å². The molecule has 1 unspecified atom stereocenters. The second-order valence-electron chi connectivity index (χ2n) is 12.6. The number of hydroxylamine groups is 1. The predicted octanol–water partition coefficient (Wildman–Crippen LogP) is 6.02. The van der Waals surface area contributed by atoms with E-state index in [9.17, 15) is 9.18 Å². The fourth-order valence-electron chi connectivity index (χ4n) is 6.90. The van der Waals surface area contributed by atoms with Crippen LogP contribution in [-0.2, 0) is 9.63 Å². The molecule has 256 valence electrons. The van der Waals surface area contributed by atoms with Gasteiger partial charge in [0.25, 0.3) is 0 Å². The Bertz CT molecular complexity index is 1610. The molecule has 6 rings (SSSR count). The number of piperidine rings is 1. The van der Waals surface area contributed by atoms with Gasteiger partial charge in [0, 0.05) is 75.5 Å². The molecule has 13 heteroatoms. The Morgan fingerprint density at radius 3 is 2.56 bits per heavy atom. The quantitative estimate of drug-likeness (QED) is 0.248. The van der Waals surface area contributed by atoms with E-state index in [0.717, 1.165) is 57.8 Å². The largest absolute Gasteiger partial charge is 0.494 e. The van der Waals surface area contributed by atoms with Crippen molar-refractivity contribution in [3.05, 3.63) is 71.8 Å². The summed E-state index contributed by atoms with van der Waals surface area (Å²) in [6.45, 7) is 14.7. The predicted molar refractivity (Wildman–Crippen MR) is 188 cm³/mol. The average molecular weight is 679 g/mol. The number of hydrogen-bond donors (Lipinski definition) is 2. The van der Waals surface area contributed by atoms with E-state index in [1.54, 1.807) is 30.4 Å². The first-order valence-corrected chi connectivity index (χ1v) is 17.0. The van der Waals surface area contributed by atoms with Crippen LogP contribution in [-0.4, -0.2) is 90.7 Å². The third-order valence-corrected chi connectivity index (χ3v) is 9.84. The maximum Gasteiger partial charge on any atom is 0.247 e. The number of hydrogen-bond acceptors (Lipinski definition) is 10. The Labute approximate surface area is 286 Å². The van der Waals surface area contributed by atoms with Gasteiger partial charge in [-0.3, -0.25) is 19.4 Å². The van der Waals surface area contributed by atoms with E-state index in [0.29, 0.717) is 59.4 Å². The molecule has 3 saturated heterocycles. The highest BCUT2D eigenvalue weighted by Gasteiger charge is 2.32. The van der Waals surface area contributed by atoms with E-state index < -0.39 is 11.9 Å². The van der Waals surface area contributed by atoms with Gasteiger partial charge in [0.05, 0.1) is 41.8 Å². The van der Waals surface area contributed by atoms with Gasteiger partial charge in [-0.15, -0.1) is 0 Å². The van der Waals surface area contributed by atoms with Gasteiger partial charge in [0.1, 0.15) is 23.7 Å². The van der Waals surface area contributed by atoms with Crippen molar-refractivity contribution in [3.8, 4) is 5.75 Å². The molecule has 2 N–H and O–H groups in total. The van der Waals surface area contributed by atoms with Crippen LogP contribution in [0.1, 0.15) is 44.7 Å². The molecule has 3 aliphatic rings. The lowest BCUT2D eigenvalue weighted by atomic mass is 10.0. The van der Waals surface area contributed by atoms with Crippen LogP contribution >= 0.6 is 11.6 Å². The van der Waals surface area contributed by atoms with Crippen molar-refractivity contribution in [2.45, 2.75) is 51.2 Å². The van der Waals surface area contributed by atoms with Gasteiger partial charge in [-0.1, -0.05) is 30.3 Å². The van der Waals surface area contributed by atoms with Gasteiger partial charge in [-0.25, -0.2) is 19.4 Å². The van der Waals surface area contributed by atoms with Crippen LogP contribution < -0.4 is 25.3 Å². The molecule has 1 aromatic heterocycles. The summed E-state index contributed by atoms with van der Waals surface area (Å²) < 4.78 is 20.8. The van der Waals surface area contributed by atoms with Gasteiger partial charge in [-0.2, -0.15) is 0 Å². The fraction of sp³-hybridized carbons (Fsp3) is 0.457. The molecule has 0 spiro atoms. The summed E-state index contributed by atoms with van der Waals surface area (Å²) in [6.07, 6.45) is 5.33. The molecular weight excluding hydrogens is 635 g/mol. The van der Waals surface area contributed by atoms with E-state index >= 15 is 0 Å². The standard InChI is InChI=1S/C35H44ClFN8O3/c1-5-34(46)41-27-19-28(31(47-4)20-30(27)44-12-9-24(10-13-44)43-16-14-42(15-17-43)23(2)3)40-32-21-33(39-22-38-32)45-29(11-18-48-45)25-7-6-8-26(36)35(25)37/h5-8,19-24,29H,1,9-18H2,2-4H3,(H,41,46)(H,38,39,40). The summed E-state index contributed by atoms with van der Waals surface area (Å²) in [5.74, 6) is 0.731. The second-order valence-corrected chi connectivity index (χ2v) is 13.0. The number of anilines is 5. The van der Waals surface area contributed by atoms with Gasteiger partial charge >= 0.3 is 0 Å². The molecule has 2 aromatic carbocycles. The zero-order valence-electron chi connectivity index (χ0n) is 27.8. The molecule has 0 aliphatic carbocycles. The SMILES string of the molecule is C=CC(=O)Nc1cc(Nc2cc(N3OCCC3c3cccc(Cl)c3F)ncn2)c(OC)cc1N1CCC(N2CCN(C(C)C)CC2)CC1. The smallest absolute Gasteiger partial charge is 0.247 e. The number of amides is 1.